The molecular weight excluding hydrogens is 312 g/mol. The van der Waals surface area contributed by atoms with E-state index < -0.39 is 0 Å². The molecule has 0 aliphatic carbocycles. The summed E-state index contributed by atoms with van der Waals surface area (Å²) in [5, 5.41) is 0. The van der Waals surface area contributed by atoms with Crippen molar-refractivity contribution in [3.05, 3.63) is 65.7 Å². The van der Waals surface area contributed by atoms with Gasteiger partial charge in [0, 0.05) is 11.6 Å². The molecule has 0 heterocycles. The van der Waals surface area contributed by atoms with Gasteiger partial charge in [-0.3, -0.25) is 0 Å². The topological polar surface area (TPSA) is 27.7 Å². The van der Waals surface area contributed by atoms with Crippen LogP contribution in [0.2, 0.25) is 0 Å². The molecule has 0 aliphatic heterocycles. The highest BCUT2D eigenvalue weighted by Crippen LogP contribution is 2.39. The van der Waals surface area contributed by atoms with E-state index >= 15 is 0 Å². The first kappa shape index (κ1) is 18.9. The Kier molecular flexibility index (Phi) is 7.39. The van der Waals surface area contributed by atoms with Crippen LogP contribution in [0.15, 0.2) is 54.6 Å². The molecule has 1 atom stereocenters. The van der Waals surface area contributed by atoms with Crippen molar-refractivity contribution in [3.8, 4) is 17.2 Å². The van der Waals surface area contributed by atoms with Crippen LogP contribution >= 0.6 is 0 Å². The van der Waals surface area contributed by atoms with E-state index in [2.05, 4.69) is 38.1 Å². The lowest BCUT2D eigenvalue weighted by atomic mass is 9.96. The second-order valence-corrected chi connectivity index (χ2v) is 6.04. The first-order chi connectivity index (χ1) is 12.2. The van der Waals surface area contributed by atoms with Crippen molar-refractivity contribution in [2.24, 2.45) is 0 Å². The maximum absolute atomic E-state index is 6.13. The van der Waals surface area contributed by atoms with Crippen molar-refractivity contribution in [3.63, 3.8) is 0 Å². The Balaban J connectivity index is 2.28. The molecule has 0 N–H and O–H groups in total. The summed E-state index contributed by atoms with van der Waals surface area (Å²) in [7, 11) is 3.31. The number of hydrogen-bond donors (Lipinski definition) is 0. The third-order valence-electron chi connectivity index (χ3n) is 4.18. The highest BCUT2D eigenvalue weighted by atomic mass is 16.5. The van der Waals surface area contributed by atoms with Gasteiger partial charge in [0.05, 0.1) is 14.2 Å². The van der Waals surface area contributed by atoms with Gasteiger partial charge in [-0.25, -0.2) is 0 Å². The summed E-state index contributed by atoms with van der Waals surface area (Å²) in [6.07, 6.45) is 6.44. The van der Waals surface area contributed by atoms with Gasteiger partial charge in [0.25, 0.3) is 0 Å². The Morgan fingerprint density at radius 3 is 2.24 bits per heavy atom. The minimum Gasteiger partial charge on any atom is -0.493 e. The predicted octanol–water partition coefficient (Wildman–Crippen LogP) is 5.74. The number of ether oxygens (including phenoxy) is 3. The van der Waals surface area contributed by atoms with Gasteiger partial charge >= 0.3 is 0 Å². The second-order valence-electron chi connectivity index (χ2n) is 6.04. The predicted molar refractivity (Wildman–Crippen MR) is 103 cm³/mol. The molecule has 134 valence electrons. The number of rotatable bonds is 9. The Morgan fingerprint density at radius 2 is 1.60 bits per heavy atom. The van der Waals surface area contributed by atoms with Crippen LogP contribution in [0, 0.1) is 0 Å². The average molecular weight is 340 g/mol. The number of methoxy groups -OCH3 is 2. The highest BCUT2D eigenvalue weighted by Gasteiger charge is 2.17. The Morgan fingerprint density at radius 1 is 0.920 bits per heavy atom. The molecule has 1 unspecified atom stereocenters. The van der Waals surface area contributed by atoms with E-state index in [9.17, 15) is 0 Å². The number of allylic oxidation sites excluding steroid dienone is 2. The maximum atomic E-state index is 6.13. The summed E-state index contributed by atoms with van der Waals surface area (Å²) >= 11 is 0. The molecule has 0 amide bonds. The summed E-state index contributed by atoms with van der Waals surface area (Å²) in [5.74, 6) is 2.59. The second kappa shape index (κ2) is 9.77. The van der Waals surface area contributed by atoms with Crippen LogP contribution in [0.5, 0.6) is 17.2 Å². The van der Waals surface area contributed by atoms with Crippen molar-refractivity contribution in [1.82, 2.24) is 0 Å². The summed E-state index contributed by atoms with van der Waals surface area (Å²) < 4.78 is 17.0. The first-order valence-corrected chi connectivity index (χ1v) is 8.77. The quantitative estimate of drug-likeness (QED) is 0.545. The van der Waals surface area contributed by atoms with Crippen LogP contribution in [0.4, 0.5) is 0 Å². The molecule has 3 nitrogen and oxygen atoms in total. The van der Waals surface area contributed by atoms with E-state index in [-0.39, 0.29) is 0 Å². The standard InChI is InChI=1S/C22H28O3/c1-5-6-8-11-17(2)19-14-21(23-3)22(24-4)15-20(19)25-16-18-12-9-7-10-13-18/h6-10,12-15,17H,5,11,16H2,1-4H3/b8-6+. The first-order valence-electron chi connectivity index (χ1n) is 8.77. The van der Waals surface area contributed by atoms with Crippen LogP contribution in [0.1, 0.15) is 43.7 Å². The zero-order chi connectivity index (χ0) is 18.1. The lowest BCUT2D eigenvalue weighted by Gasteiger charge is -2.19. The van der Waals surface area contributed by atoms with Crippen molar-refractivity contribution in [2.75, 3.05) is 14.2 Å². The summed E-state index contributed by atoms with van der Waals surface area (Å²) in [4.78, 5) is 0. The van der Waals surface area contributed by atoms with E-state index in [0.29, 0.717) is 18.3 Å². The van der Waals surface area contributed by atoms with Crippen LogP contribution in [-0.4, -0.2) is 14.2 Å². The van der Waals surface area contributed by atoms with E-state index in [0.717, 1.165) is 35.5 Å². The van der Waals surface area contributed by atoms with Gasteiger partial charge in [-0.15, -0.1) is 0 Å². The van der Waals surface area contributed by atoms with Gasteiger partial charge in [0.2, 0.25) is 0 Å². The maximum Gasteiger partial charge on any atom is 0.164 e. The van der Waals surface area contributed by atoms with E-state index in [1.165, 1.54) is 0 Å². The molecule has 0 aromatic heterocycles. The summed E-state index contributed by atoms with van der Waals surface area (Å²) in [5.41, 5.74) is 2.27. The third-order valence-corrected chi connectivity index (χ3v) is 4.18. The summed E-state index contributed by atoms with van der Waals surface area (Å²) in [6, 6.07) is 14.1. The Bertz CT molecular complexity index is 677. The van der Waals surface area contributed by atoms with Gasteiger partial charge in [-0.1, -0.05) is 56.3 Å². The van der Waals surface area contributed by atoms with Crippen molar-refractivity contribution in [1.29, 1.82) is 0 Å². The fraction of sp³-hybridized carbons (Fsp3) is 0.364. The fourth-order valence-corrected chi connectivity index (χ4v) is 2.72. The van der Waals surface area contributed by atoms with E-state index in [1.807, 2.05) is 30.3 Å². The molecule has 0 radical (unpaired) electrons. The molecular formula is C22H28O3. The molecule has 0 saturated heterocycles. The molecule has 0 bridgehead atoms. The van der Waals surface area contributed by atoms with Crippen molar-refractivity contribution >= 4 is 0 Å². The monoisotopic (exact) mass is 340 g/mol. The van der Waals surface area contributed by atoms with Crippen molar-refractivity contribution < 1.29 is 14.2 Å². The average Bonchev–Trinajstić information content (AvgIpc) is 2.66. The number of hydrogen-bond acceptors (Lipinski definition) is 3. The Labute approximate surface area is 151 Å². The molecule has 0 fully saturated rings. The number of benzene rings is 2. The molecule has 2 aromatic rings. The SMILES string of the molecule is CC/C=C/CC(C)c1cc(OC)c(OC)cc1OCc1ccccc1. The van der Waals surface area contributed by atoms with Crippen LogP contribution in [0.3, 0.4) is 0 Å². The molecule has 2 aromatic carbocycles. The smallest absolute Gasteiger partial charge is 0.164 e. The Hall–Kier alpha value is -2.42. The molecule has 0 aliphatic rings. The van der Waals surface area contributed by atoms with Crippen LogP contribution < -0.4 is 14.2 Å². The molecule has 3 heteroatoms. The van der Waals surface area contributed by atoms with Gasteiger partial charge < -0.3 is 14.2 Å². The lowest BCUT2D eigenvalue weighted by molar-refractivity contribution is 0.295. The molecule has 2 rings (SSSR count). The third kappa shape index (κ3) is 5.28. The molecule has 0 spiro atoms. The fourth-order valence-electron chi connectivity index (χ4n) is 2.72. The van der Waals surface area contributed by atoms with E-state index in [4.69, 9.17) is 14.2 Å². The highest BCUT2D eigenvalue weighted by molar-refractivity contribution is 5.52. The largest absolute Gasteiger partial charge is 0.493 e. The van der Waals surface area contributed by atoms with Gasteiger partial charge in [0.15, 0.2) is 11.5 Å². The van der Waals surface area contributed by atoms with Gasteiger partial charge in [0.1, 0.15) is 12.4 Å². The molecule has 0 saturated carbocycles. The normalized spacial score (nSPS) is 12.2. The zero-order valence-electron chi connectivity index (χ0n) is 15.6. The van der Waals surface area contributed by atoms with Crippen LogP contribution in [0.25, 0.3) is 0 Å². The van der Waals surface area contributed by atoms with Crippen LogP contribution in [-0.2, 0) is 6.61 Å². The minimum atomic E-state index is 0.327. The minimum absolute atomic E-state index is 0.327. The van der Waals surface area contributed by atoms with E-state index in [1.54, 1.807) is 14.2 Å². The zero-order valence-corrected chi connectivity index (χ0v) is 15.6. The lowest BCUT2D eigenvalue weighted by Crippen LogP contribution is -2.03. The van der Waals surface area contributed by atoms with Gasteiger partial charge in [-0.05, 0) is 30.4 Å². The van der Waals surface area contributed by atoms with Gasteiger partial charge in [-0.2, -0.15) is 0 Å². The summed E-state index contributed by atoms with van der Waals surface area (Å²) in [6.45, 7) is 4.88. The molecule has 25 heavy (non-hydrogen) atoms. The van der Waals surface area contributed by atoms with Crippen molar-refractivity contribution in [2.45, 2.75) is 39.2 Å².